The molecule has 1 aromatic carbocycles. The zero-order valence-electron chi connectivity index (χ0n) is 8.90. The number of carbonyl (C=O) groups excluding carboxylic acids is 1. The van der Waals surface area contributed by atoms with Gasteiger partial charge in [0.15, 0.2) is 0 Å². The Morgan fingerprint density at radius 3 is 3.06 bits per heavy atom. The lowest BCUT2D eigenvalue weighted by molar-refractivity contribution is 0.217. The Hall–Kier alpha value is -2.15. The molecule has 6 nitrogen and oxygen atoms in total. The molecule has 4 N–H and O–H groups in total. The number of hydrogen-bond donors (Lipinski definition) is 4. The third-order valence-electron chi connectivity index (χ3n) is 2.15. The number of nitrogens with one attached hydrogen (secondary N) is 4. The smallest absolute Gasteiger partial charge is 0.314 e. The van der Waals surface area contributed by atoms with E-state index in [9.17, 15) is 9.18 Å². The quantitative estimate of drug-likeness (QED) is 0.437. The molecule has 2 amide bonds. The standard InChI is InChI=1S/C10H12FN5O/c11-8-4-2-1-3-7(8)5-12-15-9-6-13-16-10(17)14-9/h1-5,9,13,15H,6H2,(H2,14,16,17)/b12-5+. The minimum atomic E-state index is -0.342. The molecule has 1 aromatic rings. The highest BCUT2D eigenvalue weighted by molar-refractivity contribution is 5.79. The van der Waals surface area contributed by atoms with E-state index in [0.717, 1.165) is 0 Å². The number of rotatable bonds is 3. The summed E-state index contributed by atoms with van der Waals surface area (Å²) in [5, 5.41) is 6.45. The monoisotopic (exact) mass is 237 g/mol. The van der Waals surface area contributed by atoms with Crippen LogP contribution in [0.5, 0.6) is 0 Å². The number of urea groups is 1. The Morgan fingerprint density at radius 1 is 1.47 bits per heavy atom. The maximum absolute atomic E-state index is 13.2. The van der Waals surface area contributed by atoms with Crippen LogP contribution < -0.4 is 21.6 Å². The fraction of sp³-hybridized carbons (Fsp3) is 0.200. The molecule has 0 aliphatic carbocycles. The van der Waals surface area contributed by atoms with Crippen LogP contribution in [0.2, 0.25) is 0 Å². The molecule has 7 heteroatoms. The minimum absolute atomic E-state index is 0.327. The summed E-state index contributed by atoms with van der Waals surface area (Å²) in [6.45, 7) is 0.473. The molecule has 0 saturated carbocycles. The van der Waals surface area contributed by atoms with Gasteiger partial charge in [-0.05, 0) is 6.07 Å². The van der Waals surface area contributed by atoms with Crippen LogP contribution in [-0.2, 0) is 0 Å². The normalized spacial score (nSPS) is 19.8. The zero-order valence-corrected chi connectivity index (χ0v) is 8.90. The highest BCUT2D eigenvalue weighted by Gasteiger charge is 2.15. The molecule has 1 unspecified atom stereocenters. The molecular formula is C10H12FN5O. The second-order valence-electron chi connectivity index (χ2n) is 3.44. The lowest BCUT2D eigenvalue weighted by Crippen LogP contribution is -2.62. The van der Waals surface area contributed by atoms with E-state index in [1.54, 1.807) is 18.2 Å². The molecular weight excluding hydrogens is 225 g/mol. The van der Waals surface area contributed by atoms with Crippen LogP contribution in [0, 0.1) is 5.82 Å². The van der Waals surface area contributed by atoms with Crippen LogP contribution in [0.25, 0.3) is 0 Å². The molecule has 1 fully saturated rings. The lowest BCUT2D eigenvalue weighted by Gasteiger charge is -2.24. The summed E-state index contributed by atoms with van der Waals surface area (Å²) in [7, 11) is 0. The number of nitrogens with zero attached hydrogens (tertiary/aromatic N) is 1. The Balaban J connectivity index is 1.89. The molecule has 1 atom stereocenters. The highest BCUT2D eigenvalue weighted by Crippen LogP contribution is 2.02. The third-order valence-corrected chi connectivity index (χ3v) is 2.15. The van der Waals surface area contributed by atoms with Gasteiger partial charge in [-0.1, -0.05) is 18.2 Å². The summed E-state index contributed by atoms with van der Waals surface area (Å²) in [6.07, 6.45) is 1.04. The van der Waals surface area contributed by atoms with Crippen LogP contribution in [0.3, 0.4) is 0 Å². The van der Waals surface area contributed by atoms with Crippen molar-refractivity contribution in [2.24, 2.45) is 5.10 Å². The average Bonchev–Trinajstić information content (AvgIpc) is 2.32. The molecule has 17 heavy (non-hydrogen) atoms. The average molecular weight is 237 g/mol. The molecule has 1 aliphatic rings. The van der Waals surface area contributed by atoms with Crippen LogP contribution in [-0.4, -0.2) is 25.0 Å². The van der Waals surface area contributed by atoms with E-state index in [-0.39, 0.29) is 18.0 Å². The summed E-state index contributed by atoms with van der Waals surface area (Å²) in [5.74, 6) is -0.342. The first-order valence-electron chi connectivity index (χ1n) is 5.08. The summed E-state index contributed by atoms with van der Waals surface area (Å²) in [6, 6.07) is 5.96. The first-order chi connectivity index (χ1) is 8.25. The topological polar surface area (TPSA) is 77.6 Å². The van der Waals surface area contributed by atoms with Crippen molar-refractivity contribution in [2.75, 3.05) is 6.54 Å². The SMILES string of the molecule is O=C1NNCC(N/N=C/c2ccccc2F)N1. The summed E-state index contributed by atoms with van der Waals surface area (Å²) in [4.78, 5) is 10.9. The number of hydrogen-bond acceptors (Lipinski definition) is 4. The molecule has 0 radical (unpaired) electrons. The molecule has 90 valence electrons. The second-order valence-corrected chi connectivity index (χ2v) is 3.44. The Morgan fingerprint density at radius 2 is 2.29 bits per heavy atom. The van der Waals surface area contributed by atoms with E-state index in [1.807, 2.05) is 0 Å². The van der Waals surface area contributed by atoms with Gasteiger partial charge in [0, 0.05) is 5.56 Å². The van der Waals surface area contributed by atoms with Crippen LogP contribution in [0.15, 0.2) is 29.4 Å². The maximum Gasteiger partial charge on any atom is 0.330 e. The number of halogens is 1. The first kappa shape index (κ1) is 11.3. The van der Waals surface area contributed by atoms with Gasteiger partial charge in [-0.2, -0.15) is 5.10 Å². The summed E-state index contributed by atoms with van der Waals surface area (Å²) < 4.78 is 13.2. The first-order valence-corrected chi connectivity index (χ1v) is 5.08. The van der Waals surface area contributed by atoms with Gasteiger partial charge in [-0.25, -0.2) is 14.6 Å². The molecule has 1 heterocycles. The Bertz CT molecular complexity index is 436. The van der Waals surface area contributed by atoms with Crippen molar-refractivity contribution in [1.29, 1.82) is 0 Å². The fourth-order valence-corrected chi connectivity index (χ4v) is 1.33. The van der Waals surface area contributed by atoms with Crippen molar-refractivity contribution < 1.29 is 9.18 Å². The van der Waals surface area contributed by atoms with Gasteiger partial charge in [0.05, 0.1) is 12.8 Å². The van der Waals surface area contributed by atoms with Crippen LogP contribution in [0.4, 0.5) is 9.18 Å². The number of benzene rings is 1. The Labute approximate surface area is 97.2 Å². The summed E-state index contributed by atoms with van der Waals surface area (Å²) >= 11 is 0. The van der Waals surface area contributed by atoms with Gasteiger partial charge in [0.1, 0.15) is 12.0 Å². The lowest BCUT2D eigenvalue weighted by atomic mass is 10.2. The van der Waals surface area contributed by atoms with E-state index >= 15 is 0 Å². The van der Waals surface area contributed by atoms with Gasteiger partial charge in [-0.15, -0.1) is 0 Å². The molecule has 0 bridgehead atoms. The zero-order chi connectivity index (χ0) is 12.1. The number of amides is 2. The van der Waals surface area contributed by atoms with Gasteiger partial charge in [-0.3, -0.25) is 10.9 Å². The number of hydrazine groups is 1. The van der Waals surface area contributed by atoms with E-state index in [0.29, 0.717) is 12.1 Å². The van der Waals surface area contributed by atoms with Crippen molar-refractivity contribution in [3.63, 3.8) is 0 Å². The van der Waals surface area contributed by atoms with Crippen molar-refractivity contribution >= 4 is 12.2 Å². The van der Waals surface area contributed by atoms with E-state index in [2.05, 4.69) is 26.7 Å². The summed E-state index contributed by atoms with van der Waals surface area (Å²) in [5.41, 5.74) is 8.13. The van der Waals surface area contributed by atoms with E-state index < -0.39 is 0 Å². The van der Waals surface area contributed by atoms with E-state index in [4.69, 9.17) is 0 Å². The highest BCUT2D eigenvalue weighted by atomic mass is 19.1. The fourth-order valence-electron chi connectivity index (χ4n) is 1.33. The van der Waals surface area contributed by atoms with Gasteiger partial charge in [0.25, 0.3) is 0 Å². The van der Waals surface area contributed by atoms with Crippen molar-refractivity contribution in [3.8, 4) is 0 Å². The van der Waals surface area contributed by atoms with Crippen molar-refractivity contribution in [1.82, 2.24) is 21.6 Å². The third kappa shape index (κ3) is 3.15. The maximum atomic E-state index is 13.2. The van der Waals surface area contributed by atoms with Crippen molar-refractivity contribution in [3.05, 3.63) is 35.6 Å². The predicted molar refractivity (Wildman–Crippen MR) is 60.6 cm³/mol. The second kappa shape index (κ2) is 5.26. The molecule has 0 aromatic heterocycles. The van der Waals surface area contributed by atoms with Gasteiger partial charge in [0.2, 0.25) is 0 Å². The van der Waals surface area contributed by atoms with Crippen LogP contribution in [0.1, 0.15) is 5.56 Å². The number of hydrazone groups is 1. The molecule has 0 spiro atoms. The number of carbonyl (C=O) groups is 1. The molecule has 2 rings (SSSR count). The molecule has 1 saturated heterocycles. The predicted octanol–water partition coefficient (Wildman–Crippen LogP) is -0.107. The van der Waals surface area contributed by atoms with Crippen LogP contribution >= 0.6 is 0 Å². The largest absolute Gasteiger partial charge is 0.330 e. The Kier molecular flexibility index (Phi) is 3.51. The van der Waals surface area contributed by atoms with Crippen molar-refractivity contribution in [2.45, 2.75) is 6.17 Å². The van der Waals surface area contributed by atoms with Gasteiger partial charge < -0.3 is 5.32 Å². The van der Waals surface area contributed by atoms with E-state index in [1.165, 1.54) is 12.3 Å². The van der Waals surface area contributed by atoms with Gasteiger partial charge >= 0.3 is 6.03 Å². The minimum Gasteiger partial charge on any atom is -0.314 e. The molecule has 1 aliphatic heterocycles.